The standard InChI is InChI=1S/C25H30Cl2F3N3O3/c1-13-23(2)8-5-9-24(3,22(36)25(28,29)30)18(23)10-14(12-34)33(13)19(35)11-15-16(26)6-7-17-20(15)21(27)31-32(17)4/h6-7,12-13,18,22,34,36H,5,8-11H2,1-4H3/b14-12+/t13-,18-,22-,23-,24-/m0/s1. The maximum absolute atomic E-state index is 13.7. The molecule has 1 saturated carbocycles. The Hall–Kier alpha value is -1.97. The highest BCUT2D eigenvalue weighted by Crippen LogP contribution is 2.61. The molecule has 0 radical (unpaired) electrons. The summed E-state index contributed by atoms with van der Waals surface area (Å²) in [6, 6.07) is 2.88. The van der Waals surface area contributed by atoms with Crippen molar-refractivity contribution in [2.75, 3.05) is 0 Å². The van der Waals surface area contributed by atoms with Gasteiger partial charge in [-0.25, -0.2) is 0 Å². The van der Waals surface area contributed by atoms with Crippen LogP contribution in [0.1, 0.15) is 52.0 Å². The largest absolute Gasteiger partial charge is 0.514 e. The first kappa shape index (κ1) is 27.1. The Morgan fingerprint density at radius 1 is 1.31 bits per heavy atom. The average molecular weight is 548 g/mol. The van der Waals surface area contributed by atoms with E-state index in [0.29, 0.717) is 34.3 Å². The molecule has 2 aliphatic rings. The summed E-state index contributed by atoms with van der Waals surface area (Å²) in [4.78, 5) is 15.2. The van der Waals surface area contributed by atoms with Crippen LogP contribution in [0.25, 0.3) is 10.9 Å². The van der Waals surface area contributed by atoms with Crippen LogP contribution in [0.3, 0.4) is 0 Å². The van der Waals surface area contributed by atoms with Crippen LogP contribution in [0.2, 0.25) is 10.2 Å². The van der Waals surface area contributed by atoms with Crippen LogP contribution in [-0.4, -0.2) is 49.1 Å². The molecule has 1 aliphatic heterocycles. The van der Waals surface area contributed by atoms with Crippen molar-refractivity contribution >= 4 is 40.0 Å². The minimum Gasteiger partial charge on any atom is -0.514 e. The van der Waals surface area contributed by atoms with E-state index in [-0.39, 0.29) is 36.0 Å². The Morgan fingerprint density at radius 2 is 1.97 bits per heavy atom. The number of nitrogens with zero attached hydrogens (tertiary/aromatic N) is 3. The van der Waals surface area contributed by atoms with Crippen LogP contribution < -0.4 is 0 Å². The highest BCUT2D eigenvalue weighted by molar-refractivity contribution is 6.37. The zero-order valence-electron chi connectivity index (χ0n) is 20.5. The summed E-state index contributed by atoms with van der Waals surface area (Å²) in [6.45, 7) is 5.14. The lowest BCUT2D eigenvalue weighted by molar-refractivity contribution is -0.264. The molecule has 2 fully saturated rings. The Kier molecular flexibility index (Phi) is 6.84. The molecule has 0 spiro atoms. The monoisotopic (exact) mass is 547 g/mol. The summed E-state index contributed by atoms with van der Waals surface area (Å²) in [6.07, 6.45) is -5.32. The second-order valence-electron chi connectivity index (χ2n) is 10.6. The van der Waals surface area contributed by atoms with Gasteiger partial charge < -0.3 is 15.1 Å². The molecule has 6 nitrogen and oxygen atoms in total. The van der Waals surface area contributed by atoms with Gasteiger partial charge in [0.15, 0.2) is 11.3 Å². The van der Waals surface area contributed by atoms with Gasteiger partial charge in [0.05, 0.1) is 23.9 Å². The van der Waals surface area contributed by atoms with Crippen LogP contribution in [-0.2, 0) is 18.3 Å². The molecule has 0 unspecified atom stereocenters. The summed E-state index contributed by atoms with van der Waals surface area (Å²) in [7, 11) is 1.73. The molecule has 2 N–H and O–H groups in total. The number of rotatable bonds is 3. The topological polar surface area (TPSA) is 78.6 Å². The van der Waals surface area contributed by atoms with E-state index < -0.39 is 35.1 Å². The van der Waals surface area contributed by atoms with Gasteiger partial charge in [-0.2, -0.15) is 18.3 Å². The number of carbonyl (C=O) groups excluding carboxylic acids is 1. The van der Waals surface area contributed by atoms with Crippen molar-refractivity contribution in [3.8, 4) is 0 Å². The molecule has 11 heteroatoms. The van der Waals surface area contributed by atoms with Gasteiger partial charge in [-0.3, -0.25) is 9.48 Å². The second-order valence-corrected chi connectivity index (χ2v) is 11.4. The predicted octanol–water partition coefficient (Wildman–Crippen LogP) is 6.18. The Balaban J connectivity index is 1.72. The first-order chi connectivity index (χ1) is 16.7. The molecule has 2 aromatic rings. The lowest BCUT2D eigenvalue weighted by atomic mass is 9.49. The first-order valence-electron chi connectivity index (χ1n) is 11.9. The molecule has 2 heterocycles. The van der Waals surface area contributed by atoms with E-state index in [0.717, 1.165) is 6.26 Å². The zero-order chi connectivity index (χ0) is 26.8. The number of piperidine rings is 1. The normalized spacial score (nSPS) is 31.1. The molecule has 1 amide bonds. The number of amides is 1. The van der Waals surface area contributed by atoms with Gasteiger partial charge in [-0.15, -0.1) is 0 Å². The summed E-state index contributed by atoms with van der Waals surface area (Å²) in [5.74, 6) is -0.965. The highest BCUT2D eigenvalue weighted by atomic mass is 35.5. The predicted molar refractivity (Wildman–Crippen MR) is 132 cm³/mol. The van der Waals surface area contributed by atoms with Gasteiger partial charge in [0, 0.05) is 28.9 Å². The number of hydrogen-bond donors (Lipinski definition) is 2. The van der Waals surface area contributed by atoms with Crippen molar-refractivity contribution in [2.24, 2.45) is 23.8 Å². The number of hydrogen-bond acceptors (Lipinski definition) is 4. The van der Waals surface area contributed by atoms with Crippen molar-refractivity contribution in [3.05, 3.63) is 39.8 Å². The quantitative estimate of drug-likeness (QED) is 0.450. The molecule has 1 aliphatic carbocycles. The number of benzene rings is 1. The number of likely N-dealkylation sites (tertiary alicyclic amines) is 1. The Labute approximate surface area is 217 Å². The fourth-order valence-electron chi connectivity index (χ4n) is 6.72. The van der Waals surface area contributed by atoms with Crippen molar-refractivity contribution in [1.82, 2.24) is 14.7 Å². The zero-order valence-corrected chi connectivity index (χ0v) is 22.0. The van der Waals surface area contributed by atoms with E-state index in [2.05, 4.69) is 5.10 Å². The van der Waals surface area contributed by atoms with Crippen LogP contribution in [0, 0.1) is 16.7 Å². The van der Waals surface area contributed by atoms with E-state index in [1.807, 2.05) is 6.92 Å². The minimum atomic E-state index is -4.77. The molecule has 198 valence electrons. The van der Waals surface area contributed by atoms with Crippen molar-refractivity contribution < 1.29 is 28.2 Å². The average Bonchev–Trinajstić information content (AvgIpc) is 3.08. The Morgan fingerprint density at radius 3 is 2.58 bits per heavy atom. The molecule has 1 aromatic heterocycles. The minimum absolute atomic E-state index is 0.0261. The van der Waals surface area contributed by atoms with Crippen LogP contribution in [0.4, 0.5) is 13.2 Å². The van der Waals surface area contributed by atoms with E-state index in [1.165, 1.54) is 11.8 Å². The number of aliphatic hydroxyl groups is 2. The second kappa shape index (κ2) is 9.10. The molecular weight excluding hydrogens is 518 g/mol. The summed E-state index contributed by atoms with van der Waals surface area (Å²) >= 11 is 12.8. The van der Waals surface area contributed by atoms with Crippen molar-refractivity contribution in [1.29, 1.82) is 0 Å². The summed E-state index contributed by atoms with van der Waals surface area (Å²) < 4.78 is 42.6. The smallest absolute Gasteiger partial charge is 0.414 e. The molecule has 1 saturated heterocycles. The number of alkyl halides is 3. The molecule has 36 heavy (non-hydrogen) atoms. The summed E-state index contributed by atoms with van der Waals surface area (Å²) in [5.41, 5.74) is -0.759. The number of aromatic nitrogens is 2. The third-order valence-electron chi connectivity index (χ3n) is 8.79. The third kappa shape index (κ3) is 4.07. The molecular formula is C25H30Cl2F3N3O3. The molecule has 5 atom stereocenters. The number of aliphatic hydroxyl groups excluding tert-OH is 2. The number of allylic oxidation sites excluding steroid dienone is 1. The van der Waals surface area contributed by atoms with E-state index in [9.17, 15) is 28.2 Å². The van der Waals surface area contributed by atoms with E-state index in [1.54, 1.807) is 30.8 Å². The van der Waals surface area contributed by atoms with Gasteiger partial charge in [-0.05, 0) is 55.2 Å². The van der Waals surface area contributed by atoms with E-state index in [4.69, 9.17) is 23.2 Å². The maximum atomic E-state index is 13.7. The number of fused-ring (bicyclic) bond motifs is 2. The highest BCUT2D eigenvalue weighted by Gasteiger charge is 2.63. The maximum Gasteiger partial charge on any atom is 0.414 e. The number of carbonyl (C=O) groups is 1. The van der Waals surface area contributed by atoms with Crippen molar-refractivity contribution in [3.63, 3.8) is 0 Å². The fraction of sp³-hybridized carbons (Fsp3) is 0.600. The van der Waals surface area contributed by atoms with Crippen LogP contribution >= 0.6 is 23.2 Å². The molecule has 4 rings (SSSR count). The number of halogens is 5. The van der Waals surface area contributed by atoms with E-state index >= 15 is 0 Å². The lowest BCUT2D eigenvalue weighted by Crippen LogP contribution is -2.63. The van der Waals surface area contributed by atoms with Gasteiger partial charge in [0.1, 0.15) is 0 Å². The third-order valence-corrected chi connectivity index (χ3v) is 9.41. The lowest BCUT2D eigenvalue weighted by Gasteiger charge is -2.61. The molecule has 1 aromatic carbocycles. The SMILES string of the molecule is C[C@@H]1N(C(=O)Cc2c(Cl)ccc3c2c(Cl)nn3C)/C(=C/O)C[C@@H]2[C@@](C)([C@H](O)C(F)(F)F)CCC[C@]21C. The van der Waals surface area contributed by atoms with Gasteiger partial charge in [-0.1, -0.05) is 43.5 Å². The Bertz CT molecular complexity index is 1230. The fourth-order valence-corrected chi connectivity index (χ4v) is 7.26. The van der Waals surface area contributed by atoms with Gasteiger partial charge in [0.2, 0.25) is 5.91 Å². The van der Waals surface area contributed by atoms with Crippen LogP contribution in [0.5, 0.6) is 0 Å². The van der Waals surface area contributed by atoms with Gasteiger partial charge >= 0.3 is 6.18 Å². The first-order valence-corrected chi connectivity index (χ1v) is 12.6. The molecule has 0 bridgehead atoms. The van der Waals surface area contributed by atoms with Gasteiger partial charge in [0.25, 0.3) is 0 Å². The van der Waals surface area contributed by atoms with Crippen LogP contribution in [0.15, 0.2) is 24.1 Å². The van der Waals surface area contributed by atoms with Crippen molar-refractivity contribution in [2.45, 2.75) is 71.2 Å². The number of aryl methyl sites for hydroxylation is 1. The summed E-state index contributed by atoms with van der Waals surface area (Å²) in [5, 5.41) is 25.8.